The van der Waals surface area contributed by atoms with Crippen molar-refractivity contribution in [2.24, 2.45) is 0 Å². The zero-order valence-electron chi connectivity index (χ0n) is 13.2. The number of hydrogen-bond donors (Lipinski definition) is 2. The topological polar surface area (TPSA) is 118 Å². The summed E-state index contributed by atoms with van der Waals surface area (Å²) < 4.78 is 32.8. The van der Waals surface area contributed by atoms with Gasteiger partial charge in [0.25, 0.3) is 21.9 Å². The highest BCUT2D eigenvalue weighted by molar-refractivity contribution is 7.86. The Morgan fingerprint density at radius 2 is 1.54 bits per heavy atom. The van der Waals surface area contributed by atoms with E-state index in [0.29, 0.717) is 5.69 Å². The summed E-state index contributed by atoms with van der Waals surface area (Å²) in [4.78, 5) is 26.3. The number of nitrogens with zero attached hydrogens (tertiary/aromatic N) is 1. The van der Waals surface area contributed by atoms with Gasteiger partial charge in [0.15, 0.2) is 0 Å². The van der Waals surface area contributed by atoms with E-state index in [0.717, 1.165) is 11.0 Å². The highest BCUT2D eigenvalue weighted by atomic mass is 32.2. The minimum Gasteiger partial charge on any atom is -0.397 e. The van der Waals surface area contributed by atoms with Crippen molar-refractivity contribution in [2.45, 2.75) is 4.90 Å². The number of anilines is 2. The Balaban J connectivity index is 2.10. The molecule has 0 aliphatic carbocycles. The van der Waals surface area contributed by atoms with Crippen molar-refractivity contribution in [3.05, 3.63) is 65.7 Å². The lowest BCUT2D eigenvalue weighted by Crippen LogP contribution is -2.40. The Morgan fingerprint density at radius 1 is 0.885 bits per heavy atom. The maximum absolute atomic E-state index is 13.0. The molecule has 0 atom stereocenters. The van der Waals surface area contributed by atoms with Gasteiger partial charge in [0, 0.05) is 16.3 Å². The fourth-order valence-electron chi connectivity index (χ4n) is 3.19. The molecule has 0 saturated carbocycles. The average molecular weight is 368 g/mol. The molecule has 0 aromatic heterocycles. The van der Waals surface area contributed by atoms with Crippen molar-refractivity contribution in [2.75, 3.05) is 10.6 Å². The number of para-hydroxylation sites is 1. The molecule has 0 unspecified atom stereocenters. The smallest absolute Gasteiger partial charge is 0.296 e. The van der Waals surface area contributed by atoms with Gasteiger partial charge < -0.3 is 5.73 Å². The molecule has 0 fully saturated rings. The number of rotatable bonds is 2. The van der Waals surface area contributed by atoms with Gasteiger partial charge in [0.05, 0.1) is 16.9 Å². The van der Waals surface area contributed by atoms with E-state index < -0.39 is 26.8 Å². The highest BCUT2D eigenvalue weighted by Gasteiger charge is 2.36. The Bertz CT molecular complexity index is 1200. The molecule has 26 heavy (non-hydrogen) atoms. The van der Waals surface area contributed by atoms with Crippen molar-refractivity contribution in [3.8, 4) is 0 Å². The molecule has 4 rings (SSSR count). The molecule has 7 nitrogen and oxygen atoms in total. The predicted octanol–water partition coefficient (Wildman–Crippen LogP) is 2.47. The summed E-state index contributed by atoms with van der Waals surface area (Å²) in [5.74, 6) is -1.21. The Morgan fingerprint density at radius 3 is 2.19 bits per heavy atom. The van der Waals surface area contributed by atoms with Crippen LogP contribution in [0.4, 0.5) is 11.4 Å². The third-order valence-electron chi connectivity index (χ3n) is 4.32. The normalized spacial score (nSPS) is 14.1. The van der Waals surface area contributed by atoms with Crippen molar-refractivity contribution >= 4 is 44.1 Å². The monoisotopic (exact) mass is 368 g/mol. The third kappa shape index (κ3) is 2.20. The third-order valence-corrected chi connectivity index (χ3v) is 5.22. The maximum atomic E-state index is 13.0. The molecule has 1 aliphatic heterocycles. The van der Waals surface area contributed by atoms with E-state index in [1.165, 1.54) is 6.07 Å². The second-order valence-corrected chi connectivity index (χ2v) is 7.21. The second kappa shape index (κ2) is 5.38. The molecule has 0 saturated heterocycles. The molecule has 0 spiro atoms. The zero-order chi connectivity index (χ0) is 18.6. The summed E-state index contributed by atoms with van der Waals surface area (Å²) >= 11 is 0. The minimum atomic E-state index is -4.65. The number of carbonyl (C=O) groups is 2. The molecule has 2 amide bonds. The molecule has 8 heteroatoms. The summed E-state index contributed by atoms with van der Waals surface area (Å²) in [5.41, 5.74) is 6.25. The quantitative estimate of drug-likeness (QED) is 0.408. The van der Waals surface area contributed by atoms with Crippen LogP contribution in [0.15, 0.2) is 59.5 Å². The van der Waals surface area contributed by atoms with E-state index in [9.17, 15) is 22.6 Å². The first-order valence-corrected chi connectivity index (χ1v) is 9.01. The van der Waals surface area contributed by atoms with E-state index in [-0.39, 0.29) is 27.6 Å². The van der Waals surface area contributed by atoms with Crippen molar-refractivity contribution < 1.29 is 22.6 Å². The van der Waals surface area contributed by atoms with Gasteiger partial charge in [0.2, 0.25) is 0 Å². The summed E-state index contributed by atoms with van der Waals surface area (Å²) in [5, 5.41) is 0.501. The van der Waals surface area contributed by atoms with Crippen LogP contribution in [0.3, 0.4) is 0 Å². The summed E-state index contributed by atoms with van der Waals surface area (Å²) in [6, 6.07) is 13.9. The molecule has 3 aromatic carbocycles. The molecular formula is C18H12N2O5S. The summed E-state index contributed by atoms with van der Waals surface area (Å²) in [6.07, 6.45) is 0. The molecule has 1 heterocycles. The summed E-state index contributed by atoms with van der Waals surface area (Å²) in [7, 11) is -4.65. The first kappa shape index (κ1) is 16.2. The minimum absolute atomic E-state index is 0.0131. The van der Waals surface area contributed by atoms with Crippen LogP contribution >= 0.6 is 0 Å². The van der Waals surface area contributed by atoms with Crippen LogP contribution in [0.5, 0.6) is 0 Å². The molecular weight excluding hydrogens is 356 g/mol. The number of carbonyl (C=O) groups excluding carboxylic acids is 2. The van der Waals surface area contributed by atoms with Gasteiger partial charge in [-0.3, -0.25) is 14.1 Å². The average Bonchev–Trinajstić information content (AvgIpc) is 2.61. The van der Waals surface area contributed by atoms with Gasteiger partial charge in [0.1, 0.15) is 4.90 Å². The van der Waals surface area contributed by atoms with Crippen molar-refractivity contribution in [1.82, 2.24) is 0 Å². The molecule has 3 aromatic rings. The van der Waals surface area contributed by atoms with Crippen LogP contribution in [0.2, 0.25) is 0 Å². The lowest BCUT2D eigenvalue weighted by Gasteiger charge is -2.28. The standard InChI is InChI=1S/C18H12N2O5S/c19-16-11-7-4-8-12-15(11)13(9-14(16)26(23,24)25)18(22)20(17(12)21)10-5-2-1-3-6-10/h1-9H,19H2,(H,23,24,25). The molecule has 1 aliphatic rings. The number of amides is 2. The SMILES string of the molecule is Nc1c(S(=O)(=O)O)cc2c3c(cccc13)C(=O)N(c1ccccc1)C2=O. The van der Waals surface area contributed by atoms with Gasteiger partial charge in [-0.2, -0.15) is 8.42 Å². The van der Waals surface area contributed by atoms with Gasteiger partial charge in [-0.15, -0.1) is 0 Å². The Hall–Kier alpha value is -3.23. The van der Waals surface area contributed by atoms with Crippen LogP contribution in [0, 0.1) is 0 Å². The van der Waals surface area contributed by atoms with Crippen molar-refractivity contribution in [3.63, 3.8) is 0 Å². The van der Waals surface area contributed by atoms with Crippen LogP contribution in [0.1, 0.15) is 20.7 Å². The zero-order valence-corrected chi connectivity index (χ0v) is 14.0. The van der Waals surface area contributed by atoms with Crippen LogP contribution in [-0.4, -0.2) is 24.8 Å². The van der Waals surface area contributed by atoms with Gasteiger partial charge in [-0.1, -0.05) is 30.3 Å². The van der Waals surface area contributed by atoms with Gasteiger partial charge in [-0.05, 0) is 24.3 Å². The largest absolute Gasteiger partial charge is 0.397 e. The van der Waals surface area contributed by atoms with Gasteiger partial charge >= 0.3 is 0 Å². The Labute approximate surface area is 148 Å². The first-order chi connectivity index (χ1) is 12.3. The van der Waals surface area contributed by atoms with E-state index in [1.54, 1.807) is 42.5 Å². The van der Waals surface area contributed by atoms with E-state index in [1.807, 2.05) is 0 Å². The highest BCUT2D eigenvalue weighted by Crippen LogP contribution is 2.38. The van der Waals surface area contributed by atoms with E-state index in [4.69, 9.17) is 5.73 Å². The van der Waals surface area contributed by atoms with Crippen LogP contribution in [-0.2, 0) is 10.1 Å². The van der Waals surface area contributed by atoms with Crippen molar-refractivity contribution in [1.29, 1.82) is 0 Å². The molecule has 0 bridgehead atoms. The predicted molar refractivity (Wildman–Crippen MR) is 95.8 cm³/mol. The van der Waals surface area contributed by atoms with Crippen LogP contribution in [0.25, 0.3) is 10.8 Å². The molecule has 0 radical (unpaired) electrons. The lowest BCUT2D eigenvalue weighted by atomic mass is 9.92. The maximum Gasteiger partial charge on any atom is 0.296 e. The second-order valence-electron chi connectivity index (χ2n) is 5.82. The fraction of sp³-hybridized carbons (Fsp3) is 0. The van der Waals surface area contributed by atoms with Gasteiger partial charge in [-0.25, -0.2) is 4.90 Å². The Kier molecular flexibility index (Phi) is 3.36. The number of hydrogen-bond acceptors (Lipinski definition) is 5. The molecule has 130 valence electrons. The molecule has 3 N–H and O–H groups in total. The fourth-order valence-corrected chi connectivity index (χ4v) is 3.84. The lowest BCUT2D eigenvalue weighted by molar-refractivity contribution is 0.0893. The van der Waals surface area contributed by atoms with E-state index >= 15 is 0 Å². The first-order valence-electron chi connectivity index (χ1n) is 7.57. The summed E-state index contributed by atoms with van der Waals surface area (Å²) in [6.45, 7) is 0. The number of nitrogen functional groups attached to an aromatic ring is 1. The van der Waals surface area contributed by atoms with Crippen LogP contribution < -0.4 is 10.6 Å². The number of imide groups is 1. The van der Waals surface area contributed by atoms with E-state index in [2.05, 4.69) is 0 Å². The number of benzene rings is 3. The number of nitrogens with two attached hydrogens (primary N) is 1.